The molecule has 0 aliphatic rings. The first-order chi connectivity index (χ1) is 3.27. The van der Waals surface area contributed by atoms with Gasteiger partial charge >= 0.3 is 6.09 Å². The predicted molar refractivity (Wildman–Crippen MR) is 23.7 cm³/mol. The molecule has 38 valence electrons. The van der Waals surface area contributed by atoms with Crippen molar-refractivity contribution in [2.24, 2.45) is 0 Å². The third-order valence-electron chi connectivity index (χ3n) is 0.325. The summed E-state index contributed by atoms with van der Waals surface area (Å²) in [5, 5.41) is 0. The highest BCUT2D eigenvalue weighted by Gasteiger charge is 1.88. The number of ether oxygens (including phenoxy) is 1. The van der Waals surface area contributed by atoms with Crippen LogP contribution >= 0.6 is 0 Å². The van der Waals surface area contributed by atoms with E-state index in [1.807, 2.05) is 0 Å². The van der Waals surface area contributed by atoms with Crippen molar-refractivity contribution in [3.63, 3.8) is 0 Å². The van der Waals surface area contributed by atoms with E-state index in [2.05, 4.69) is 11.3 Å². The minimum Gasteiger partial charge on any atom is -0.443 e. The van der Waals surface area contributed by atoms with Crippen LogP contribution in [0.25, 0.3) is 0 Å². The average Bonchev–Trinajstić information content (AvgIpc) is 1.61. The number of hydrogen-bond acceptors (Lipinski definition) is 2. The van der Waals surface area contributed by atoms with Gasteiger partial charge in [-0.1, -0.05) is 18.4 Å². The monoisotopic (exact) mass is 99.0 g/mol. The van der Waals surface area contributed by atoms with E-state index in [1.54, 1.807) is 0 Å². The summed E-state index contributed by atoms with van der Waals surface area (Å²) in [5.41, 5.74) is 7.77. The molecule has 0 heterocycles. The van der Waals surface area contributed by atoms with Gasteiger partial charge in [-0.05, 0) is 0 Å². The minimum absolute atomic E-state index is 0.0648. The van der Waals surface area contributed by atoms with Gasteiger partial charge in [-0.25, -0.2) is 4.79 Å². The van der Waals surface area contributed by atoms with Gasteiger partial charge in [0.1, 0.15) is 6.61 Å². The number of rotatable bonds is 2. The molecule has 0 aromatic carbocycles. The van der Waals surface area contributed by atoms with E-state index in [0.29, 0.717) is 0 Å². The maximum Gasteiger partial charge on any atom is 0.452 e. The minimum atomic E-state index is -1.26. The fourth-order valence-electron chi connectivity index (χ4n) is 0.130. The summed E-state index contributed by atoms with van der Waals surface area (Å²) in [6.07, 6.45) is 0.105. The van der Waals surface area contributed by atoms with Gasteiger partial charge in [0.05, 0.1) is 0 Å². The third-order valence-corrected chi connectivity index (χ3v) is 0.325. The van der Waals surface area contributed by atoms with Crippen molar-refractivity contribution >= 4 is 6.09 Å². The highest BCUT2D eigenvalue weighted by molar-refractivity contribution is 5.63. The van der Waals surface area contributed by atoms with E-state index in [4.69, 9.17) is 5.73 Å². The van der Waals surface area contributed by atoms with Crippen molar-refractivity contribution < 1.29 is 9.53 Å². The van der Waals surface area contributed by atoms with Crippen LogP contribution in [0.15, 0.2) is 12.7 Å². The first-order valence-electron chi connectivity index (χ1n) is 1.74. The number of nitrogens with zero attached hydrogens (tertiary/aromatic N) is 1. The van der Waals surface area contributed by atoms with Crippen molar-refractivity contribution in [1.82, 2.24) is 5.73 Å². The van der Waals surface area contributed by atoms with Crippen molar-refractivity contribution in [2.75, 3.05) is 6.61 Å². The van der Waals surface area contributed by atoms with Crippen LogP contribution in [0.3, 0.4) is 0 Å². The second-order valence-corrected chi connectivity index (χ2v) is 0.866. The van der Waals surface area contributed by atoms with E-state index in [-0.39, 0.29) is 6.61 Å². The number of hydrogen-bond donors (Lipinski definition) is 0. The van der Waals surface area contributed by atoms with Crippen LogP contribution in [0.2, 0.25) is 0 Å². The molecule has 0 unspecified atom stereocenters. The fourth-order valence-corrected chi connectivity index (χ4v) is 0.130. The molecule has 0 aromatic heterocycles. The van der Waals surface area contributed by atoms with Gasteiger partial charge in [-0.2, -0.15) is 0 Å². The Bertz CT molecular complexity index is 79.8. The average molecular weight is 99.1 g/mol. The molecule has 1 amide bonds. The van der Waals surface area contributed by atoms with E-state index in [0.717, 1.165) is 0 Å². The second kappa shape index (κ2) is 3.21. The third kappa shape index (κ3) is 5.01. The lowest BCUT2D eigenvalue weighted by molar-refractivity contribution is 0.167. The molecule has 0 rings (SSSR count). The summed E-state index contributed by atoms with van der Waals surface area (Å²) < 4.78 is 3.99. The molecule has 0 aliphatic carbocycles. The van der Waals surface area contributed by atoms with E-state index < -0.39 is 6.09 Å². The van der Waals surface area contributed by atoms with Crippen LogP contribution < -0.4 is 5.73 Å². The number of carbonyl (C=O) groups is 1. The molecule has 3 heteroatoms. The van der Waals surface area contributed by atoms with Crippen molar-refractivity contribution in [3.05, 3.63) is 12.7 Å². The number of amides is 1. The van der Waals surface area contributed by atoms with Crippen LogP contribution in [0.4, 0.5) is 4.79 Å². The molecule has 0 atom stereocenters. The highest BCUT2D eigenvalue weighted by atomic mass is 16.5. The van der Waals surface area contributed by atoms with Gasteiger partial charge in [-0.15, -0.1) is 0 Å². The van der Waals surface area contributed by atoms with Crippen molar-refractivity contribution in [1.29, 1.82) is 0 Å². The maximum atomic E-state index is 9.49. The molecule has 0 fully saturated rings. The predicted octanol–water partition coefficient (Wildman–Crippen LogP) is 0.378. The lowest BCUT2D eigenvalue weighted by Crippen LogP contribution is -2.00. The molecule has 0 aromatic rings. The summed E-state index contributed by atoms with van der Waals surface area (Å²) in [4.78, 5) is 9.49. The molecule has 7 heavy (non-hydrogen) atoms. The van der Waals surface area contributed by atoms with Crippen molar-refractivity contribution in [3.8, 4) is 0 Å². The van der Waals surface area contributed by atoms with E-state index in [9.17, 15) is 4.79 Å². The van der Waals surface area contributed by atoms with Gasteiger partial charge in [0, 0.05) is 0 Å². The summed E-state index contributed by atoms with van der Waals surface area (Å²) in [6.45, 7) is 3.31. The Hall–Kier alpha value is -0.990. The number of carbonyl (C=O) groups excluding carboxylic acids is 1. The zero-order valence-electron chi connectivity index (χ0n) is 3.76. The molecule has 0 saturated carbocycles. The Labute approximate surface area is 41.8 Å². The topological polar surface area (TPSA) is 48.6 Å². The van der Waals surface area contributed by atoms with Crippen LogP contribution in [0, 0.1) is 0 Å². The molecule has 0 bridgehead atoms. The summed E-state index contributed by atoms with van der Waals surface area (Å²) in [5.74, 6) is 0. The van der Waals surface area contributed by atoms with E-state index in [1.165, 1.54) is 6.08 Å². The van der Waals surface area contributed by atoms with Gasteiger partial charge in [-0.3, -0.25) is 0 Å². The lowest BCUT2D eigenvalue weighted by atomic mass is 10.7. The molecular formula is C4H5NO2. The largest absolute Gasteiger partial charge is 0.452 e. The van der Waals surface area contributed by atoms with Crippen LogP contribution in [0.5, 0.6) is 0 Å². The van der Waals surface area contributed by atoms with Crippen LogP contribution in [-0.2, 0) is 4.74 Å². The zero-order valence-corrected chi connectivity index (χ0v) is 3.76. The van der Waals surface area contributed by atoms with Gasteiger partial charge in [0.2, 0.25) is 0 Å². The molecule has 2 radical (unpaired) electrons. The smallest absolute Gasteiger partial charge is 0.443 e. The second-order valence-electron chi connectivity index (χ2n) is 0.866. The lowest BCUT2D eigenvalue weighted by Gasteiger charge is -1.87. The summed E-state index contributed by atoms with van der Waals surface area (Å²) in [6, 6.07) is 0. The Kier molecular flexibility index (Phi) is 2.76. The summed E-state index contributed by atoms with van der Waals surface area (Å²) >= 11 is 0. The van der Waals surface area contributed by atoms with Gasteiger partial charge in [0.25, 0.3) is 0 Å². The first-order valence-corrected chi connectivity index (χ1v) is 1.74. The quantitative estimate of drug-likeness (QED) is 0.470. The molecule has 0 saturated heterocycles. The van der Waals surface area contributed by atoms with Crippen LogP contribution in [0.1, 0.15) is 0 Å². The van der Waals surface area contributed by atoms with Crippen molar-refractivity contribution in [2.45, 2.75) is 0 Å². The Morgan fingerprint density at radius 3 is 2.71 bits per heavy atom. The zero-order chi connectivity index (χ0) is 5.70. The molecule has 0 N–H and O–H groups in total. The SMILES string of the molecule is C=CCOC([N])=O. The molecular weight excluding hydrogens is 94.0 g/mol. The molecule has 0 aliphatic heterocycles. The fraction of sp³-hybridized carbons (Fsp3) is 0.250. The Morgan fingerprint density at radius 2 is 2.57 bits per heavy atom. The highest BCUT2D eigenvalue weighted by Crippen LogP contribution is 1.72. The Morgan fingerprint density at radius 1 is 2.00 bits per heavy atom. The standard InChI is InChI=1S/C4H5NO2/c1-2-3-7-4(5)6/h2H,1,3H2. The molecule has 3 nitrogen and oxygen atoms in total. The summed E-state index contributed by atoms with van der Waals surface area (Å²) in [7, 11) is 0. The van der Waals surface area contributed by atoms with Gasteiger partial charge in [0.15, 0.2) is 0 Å². The molecule has 0 spiro atoms. The van der Waals surface area contributed by atoms with E-state index >= 15 is 0 Å². The first kappa shape index (κ1) is 6.01. The van der Waals surface area contributed by atoms with Crippen LogP contribution in [-0.4, -0.2) is 12.7 Å². The normalized spacial score (nSPS) is 7.43. The van der Waals surface area contributed by atoms with Gasteiger partial charge < -0.3 is 4.74 Å². The Balaban J connectivity index is 2.97. The maximum absolute atomic E-state index is 9.49.